The molecule has 0 N–H and O–H groups in total. The van der Waals surface area contributed by atoms with Crippen LogP contribution in [-0.4, -0.2) is 103 Å². The minimum Gasteiger partial charge on any atom is -0.312 e. The van der Waals surface area contributed by atoms with Crippen LogP contribution in [0.3, 0.4) is 0 Å². The van der Waals surface area contributed by atoms with Crippen molar-refractivity contribution in [3.05, 3.63) is 0 Å². The molecule has 0 aromatic carbocycles. The highest BCUT2D eigenvalue weighted by Gasteiger charge is 1.99. The van der Waals surface area contributed by atoms with E-state index in [1.807, 2.05) is 40.1 Å². The van der Waals surface area contributed by atoms with Crippen LogP contribution in [0.25, 0.3) is 0 Å². The van der Waals surface area contributed by atoms with Gasteiger partial charge in [-0.05, 0) is 21.1 Å². The average molecular weight is 602 g/mol. The van der Waals surface area contributed by atoms with Crippen molar-refractivity contribution < 1.29 is 4.58 Å². The smallest absolute Gasteiger partial charge is 0.131 e. The maximum atomic E-state index is 3.47. The highest BCUT2D eigenvalue weighted by atomic mass is 28.3. The van der Waals surface area contributed by atoms with E-state index in [1.54, 1.807) is 4.58 Å². The molecule has 0 atom stereocenters. The maximum absolute atomic E-state index is 3.47. The third-order valence-corrected chi connectivity index (χ3v) is 0. The lowest BCUT2D eigenvalue weighted by molar-refractivity contribution is -0.454. The van der Waals surface area contributed by atoms with Crippen LogP contribution in [0, 0.1) is 0 Å². The lowest BCUT2D eigenvalue weighted by atomic mass is 11.0. The van der Waals surface area contributed by atoms with Crippen LogP contribution in [0.2, 0.25) is 131 Å². The zero-order chi connectivity index (χ0) is 30.5. The minimum absolute atomic E-state index is 0. The van der Waals surface area contributed by atoms with Gasteiger partial charge in [-0.25, -0.2) is 4.58 Å². The summed E-state index contributed by atoms with van der Waals surface area (Å²) in [6, 6.07) is 0. The van der Waals surface area contributed by atoms with E-state index < -0.39 is 16.1 Å². The van der Waals surface area contributed by atoms with Crippen molar-refractivity contribution in [3.63, 3.8) is 0 Å². The minimum atomic E-state index is -0.611. The predicted octanol–water partition coefficient (Wildman–Crippen LogP) is 10.2. The van der Waals surface area contributed by atoms with Crippen molar-refractivity contribution in [2.75, 3.05) is 35.2 Å². The molecule has 8 heteroatoms. The molecule has 0 spiro atoms. The SMILES string of the molecule is C.C=[N+](C)C.CN(C)C.C[Si](C)(C)C.C[Si](C)(C)C.C[Si](C)C.C[Si](C)C.C[Si](C)C.C[Si](C)C. The van der Waals surface area contributed by atoms with E-state index in [0.717, 1.165) is 0 Å². The Morgan fingerprint density at radius 2 is 0.457 bits per heavy atom. The predicted molar refractivity (Wildman–Crippen MR) is 197 cm³/mol. The van der Waals surface area contributed by atoms with Gasteiger partial charge in [-0.15, -0.1) is 0 Å². The number of hydrogen-bond acceptors (Lipinski definition) is 1. The highest BCUT2D eigenvalue weighted by molar-refractivity contribution is 6.75. The van der Waals surface area contributed by atoms with E-state index >= 15 is 0 Å². The molecule has 0 saturated carbocycles. The Labute approximate surface area is 240 Å². The standard InChI is InChI=1S/2C4H12Si.C3H9N.C3H8N.4C3H9Si.CH4/c2*1-5(2,3)4;6*1-4(2)3;/h2*1-4H3;1-3H3;1H2,2-3H3;4*1-3H3;1H4/q;;;+1;;;;;. The van der Waals surface area contributed by atoms with Crippen molar-refractivity contribution in [1.82, 2.24) is 4.90 Å². The summed E-state index contributed by atoms with van der Waals surface area (Å²) in [5, 5.41) is 0. The molecule has 0 aliphatic rings. The zero-order valence-electron chi connectivity index (χ0n) is 29.6. The second-order valence-corrected chi connectivity index (χ2v) is 38.4. The van der Waals surface area contributed by atoms with Crippen LogP contribution in [0.4, 0.5) is 0 Å². The molecule has 0 aromatic rings. The van der Waals surface area contributed by atoms with Crippen LogP contribution in [0.15, 0.2) is 0 Å². The van der Waals surface area contributed by atoms with Gasteiger partial charge in [0.1, 0.15) is 20.8 Å². The van der Waals surface area contributed by atoms with Gasteiger partial charge < -0.3 is 4.90 Å². The number of nitrogens with zero attached hydrogens (tertiary/aromatic N) is 2. The molecule has 0 fully saturated rings. The summed E-state index contributed by atoms with van der Waals surface area (Å²) in [6.45, 7) is 49.3. The first kappa shape index (κ1) is 60.4. The van der Waals surface area contributed by atoms with E-state index in [0.29, 0.717) is 0 Å². The summed E-state index contributed by atoms with van der Waals surface area (Å²) in [4.78, 5) is 2.00. The van der Waals surface area contributed by atoms with Gasteiger partial charge in [0.25, 0.3) is 0 Å². The second kappa shape index (κ2) is 42.0. The Bertz CT molecular complexity index is 257. The fraction of sp³-hybridized carbons (Fsp3) is 0.963. The molecule has 0 amide bonds. The molecule has 35 heavy (non-hydrogen) atoms. The molecule has 0 bridgehead atoms. The van der Waals surface area contributed by atoms with Crippen LogP contribution >= 0.6 is 0 Å². The van der Waals surface area contributed by atoms with Crippen molar-refractivity contribution in [1.29, 1.82) is 0 Å². The van der Waals surface area contributed by atoms with Crippen LogP contribution in [-0.2, 0) is 0 Å². The van der Waals surface area contributed by atoms with E-state index in [9.17, 15) is 0 Å². The Morgan fingerprint density at radius 1 is 0.457 bits per heavy atom. The average Bonchev–Trinajstić information content (AvgIpc) is 2.27. The molecule has 0 unspecified atom stereocenters. The molecular weight excluding hydrogens is 521 g/mol. The molecule has 2 nitrogen and oxygen atoms in total. The summed E-state index contributed by atoms with van der Waals surface area (Å²) in [6.07, 6.45) is 0. The first-order valence-corrected chi connectivity index (χ1v) is 32.6. The second-order valence-electron chi connectivity index (χ2n) is 14.4. The topological polar surface area (TPSA) is 6.25 Å². The third kappa shape index (κ3) is 43700. The summed E-state index contributed by atoms with van der Waals surface area (Å²) in [5.41, 5.74) is 0. The van der Waals surface area contributed by atoms with Gasteiger partial charge in [0.15, 0.2) is 0 Å². The van der Waals surface area contributed by atoms with Gasteiger partial charge in [-0.1, -0.05) is 138 Å². The highest BCUT2D eigenvalue weighted by Crippen LogP contribution is 1.95. The largest absolute Gasteiger partial charge is 0.312 e. The molecule has 0 saturated heterocycles. The molecule has 222 valence electrons. The quantitative estimate of drug-likeness (QED) is 0.152. The molecule has 4 radical (unpaired) electrons. The number of hydrogen-bond donors (Lipinski definition) is 0. The van der Waals surface area contributed by atoms with Gasteiger partial charge >= 0.3 is 0 Å². The fourth-order valence-electron chi connectivity index (χ4n) is 0. The van der Waals surface area contributed by atoms with Gasteiger partial charge in [0.05, 0.1) is 0 Å². The van der Waals surface area contributed by atoms with Crippen molar-refractivity contribution in [2.45, 2.75) is 138 Å². The normalized spacial score (nSPS) is 9.31. The lowest BCUT2D eigenvalue weighted by Crippen LogP contribution is -2.10. The first-order chi connectivity index (χ1) is 14.4. The van der Waals surface area contributed by atoms with Crippen molar-refractivity contribution >= 4 is 58.1 Å². The van der Waals surface area contributed by atoms with Crippen LogP contribution in [0.5, 0.6) is 0 Å². The molecule has 0 aliphatic carbocycles. The van der Waals surface area contributed by atoms with Gasteiger partial charge in [0.2, 0.25) is 0 Å². The van der Waals surface area contributed by atoms with Gasteiger partial charge in [0, 0.05) is 51.3 Å². The Morgan fingerprint density at radius 3 is 0.457 bits per heavy atom. The molecule has 0 rings (SSSR count). The summed E-state index contributed by atoms with van der Waals surface area (Å²) >= 11 is 0. The van der Waals surface area contributed by atoms with E-state index in [-0.39, 0.29) is 42.6 Å². The molecule has 0 heterocycles. The Balaban J connectivity index is -0.0000000315. The third-order valence-electron chi connectivity index (χ3n) is 0. The van der Waals surface area contributed by atoms with E-state index in [4.69, 9.17) is 0 Å². The molecular formula is C27H81N2Si6+. The Hall–Kier alpha value is 0.931. The van der Waals surface area contributed by atoms with Gasteiger partial charge in [-0.2, -0.15) is 0 Å². The van der Waals surface area contributed by atoms with Crippen molar-refractivity contribution in [3.8, 4) is 0 Å². The van der Waals surface area contributed by atoms with E-state index in [1.165, 1.54) is 0 Å². The lowest BCUT2D eigenvalue weighted by Gasteiger charge is -2.01. The summed E-state index contributed by atoms with van der Waals surface area (Å²) in [7, 11) is 9.04. The van der Waals surface area contributed by atoms with E-state index in [2.05, 4.69) is 138 Å². The van der Waals surface area contributed by atoms with Crippen LogP contribution < -0.4 is 0 Å². The Kier molecular flexibility index (Phi) is 72.6. The summed E-state index contributed by atoms with van der Waals surface area (Å²) < 4.78 is 1.75. The first-order valence-electron chi connectivity index (χ1n) is 12.6. The maximum Gasteiger partial charge on any atom is 0.131 e. The summed E-state index contributed by atoms with van der Waals surface area (Å²) in [5.74, 6) is 0. The molecule has 0 aliphatic heterocycles. The fourth-order valence-corrected chi connectivity index (χ4v) is 0. The monoisotopic (exact) mass is 602 g/mol. The number of rotatable bonds is 0. The van der Waals surface area contributed by atoms with Crippen LogP contribution in [0.1, 0.15) is 7.43 Å². The van der Waals surface area contributed by atoms with Gasteiger partial charge in [-0.3, -0.25) is 0 Å². The molecule has 0 aromatic heterocycles. The zero-order valence-corrected chi connectivity index (χ0v) is 35.6. The van der Waals surface area contributed by atoms with Crippen molar-refractivity contribution in [2.24, 2.45) is 0 Å².